The van der Waals surface area contributed by atoms with Crippen LogP contribution in [0.5, 0.6) is 0 Å². The van der Waals surface area contributed by atoms with Gasteiger partial charge in [0.15, 0.2) is 0 Å². The predicted octanol–water partition coefficient (Wildman–Crippen LogP) is -0.505. The third kappa shape index (κ3) is 4.35. The molecule has 0 rings (SSSR count). The first-order chi connectivity index (χ1) is 2.77. The molecule has 0 aromatic heterocycles. The average Bonchev–Trinajstić information content (AvgIpc) is 1.35. The van der Waals surface area contributed by atoms with Gasteiger partial charge in [-0.2, -0.15) is 0 Å². The molecule has 0 aromatic rings. The quantitative estimate of drug-likeness (QED) is 0.466. The molecule has 0 aromatic carbocycles. The minimum Gasteiger partial charge on any atom is -0.330 e. The summed E-state index contributed by atoms with van der Waals surface area (Å²) in [5, 5.41) is 0. The first-order valence-corrected chi connectivity index (χ1v) is 2.65. The third-order valence-electron chi connectivity index (χ3n) is 0.500. The highest BCUT2D eigenvalue weighted by molar-refractivity contribution is 7.17. The van der Waals surface area contributed by atoms with Crippen molar-refractivity contribution in [3.8, 4) is 0 Å². The molecule has 2 unspecified atom stereocenters. The summed E-state index contributed by atoms with van der Waals surface area (Å²) >= 11 is 0. The van der Waals surface area contributed by atoms with E-state index in [1.165, 1.54) is 0 Å². The minimum atomic E-state index is 0.190. The first-order valence-electron chi connectivity index (χ1n) is 1.98. The maximum Gasteiger partial charge on any atom is 0.0196 e. The molecule has 0 radical (unpaired) electrons. The van der Waals surface area contributed by atoms with E-state index in [1.54, 1.807) is 0 Å². The molecule has 0 amide bonds. The molecular formula is C3H11N2P. The van der Waals surface area contributed by atoms with Gasteiger partial charge in [-0.25, -0.2) is 0 Å². The van der Waals surface area contributed by atoms with E-state index < -0.39 is 0 Å². The molecule has 2 atom stereocenters. The van der Waals surface area contributed by atoms with Gasteiger partial charge >= 0.3 is 0 Å². The Labute approximate surface area is 40.5 Å². The Morgan fingerprint density at radius 2 is 2.17 bits per heavy atom. The van der Waals surface area contributed by atoms with Crippen molar-refractivity contribution in [2.45, 2.75) is 12.2 Å². The molecule has 0 heterocycles. The van der Waals surface area contributed by atoms with Gasteiger partial charge in [0, 0.05) is 5.78 Å². The standard InChI is InChI=1S/C3H11N2P/c4-2-1-3(5)6/h3H,1-2,4-6H2. The number of nitrogens with two attached hydrogens (primary N) is 2. The summed E-state index contributed by atoms with van der Waals surface area (Å²) < 4.78 is 0. The van der Waals surface area contributed by atoms with Crippen molar-refractivity contribution < 1.29 is 0 Å². The van der Waals surface area contributed by atoms with Crippen molar-refractivity contribution in [2.24, 2.45) is 11.5 Å². The summed E-state index contributed by atoms with van der Waals surface area (Å²) in [5.74, 6) is 0.190. The summed E-state index contributed by atoms with van der Waals surface area (Å²) in [6.45, 7) is 0.685. The van der Waals surface area contributed by atoms with Gasteiger partial charge < -0.3 is 11.5 Å². The highest BCUT2D eigenvalue weighted by Gasteiger charge is 1.85. The van der Waals surface area contributed by atoms with E-state index in [0.717, 1.165) is 6.42 Å². The molecule has 0 fully saturated rings. The maximum atomic E-state index is 5.29. The monoisotopic (exact) mass is 106 g/mol. The van der Waals surface area contributed by atoms with Gasteiger partial charge in [-0.05, 0) is 13.0 Å². The van der Waals surface area contributed by atoms with E-state index in [2.05, 4.69) is 9.24 Å². The van der Waals surface area contributed by atoms with E-state index >= 15 is 0 Å². The zero-order valence-corrected chi connectivity index (χ0v) is 4.88. The molecule has 38 valence electrons. The lowest BCUT2D eigenvalue weighted by Gasteiger charge is -1.96. The van der Waals surface area contributed by atoms with Crippen LogP contribution in [0.4, 0.5) is 0 Å². The first kappa shape index (κ1) is 6.35. The van der Waals surface area contributed by atoms with Gasteiger partial charge in [0.25, 0.3) is 0 Å². The van der Waals surface area contributed by atoms with E-state index in [1.807, 2.05) is 0 Å². The second-order valence-electron chi connectivity index (χ2n) is 1.24. The Morgan fingerprint density at radius 1 is 1.67 bits per heavy atom. The van der Waals surface area contributed by atoms with Gasteiger partial charge in [0.1, 0.15) is 0 Å². The Kier molecular flexibility index (Phi) is 3.74. The van der Waals surface area contributed by atoms with Crippen LogP contribution in [0.15, 0.2) is 0 Å². The molecule has 3 heteroatoms. The third-order valence-corrected chi connectivity index (χ3v) is 0.833. The van der Waals surface area contributed by atoms with Gasteiger partial charge in [-0.1, -0.05) is 0 Å². The molecule has 0 aliphatic heterocycles. The van der Waals surface area contributed by atoms with Crippen LogP contribution in [0.25, 0.3) is 0 Å². The minimum absolute atomic E-state index is 0.190. The maximum absolute atomic E-state index is 5.29. The molecule has 0 saturated carbocycles. The van der Waals surface area contributed by atoms with Crippen molar-refractivity contribution in [3.63, 3.8) is 0 Å². The normalized spacial score (nSPS) is 14.5. The van der Waals surface area contributed by atoms with Gasteiger partial charge in [-0.15, -0.1) is 9.24 Å². The molecular weight excluding hydrogens is 95.0 g/mol. The van der Waals surface area contributed by atoms with Crippen LogP contribution < -0.4 is 11.5 Å². The van der Waals surface area contributed by atoms with Crippen LogP contribution in [-0.2, 0) is 0 Å². The van der Waals surface area contributed by atoms with Gasteiger partial charge in [0.05, 0.1) is 0 Å². The Balaban J connectivity index is 2.63. The highest BCUT2D eigenvalue weighted by Crippen LogP contribution is 1.92. The Bertz CT molecular complexity index is 30.0. The van der Waals surface area contributed by atoms with Crippen LogP contribution >= 0.6 is 9.24 Å². The largest absolute Gasteiger partial charge is 0.330 e. The molecule has 0 spiro atoms. The summed E-state index contributed by atoms with van der Waals surface area (Å²) in [5.41, 5.74) is 10.4. The number of rotatable bonds is 2. The predicted molar refractivity (Wildman–Crippen MR) is 31.4 cm³/mol. The average molecular weight is 106 g/mol. The fourth-order valence-corrected chi connectivity index (χ4v) is 0.385. The second-order valence-corrected chi connectivity index (χ2v) is 2.10. The molecule has 0 saturated heterocycles. The van der Waals surface area contributed by atoms with Crippen LogP contribution in [-0.4, -0.2) is 12.3 Å². The van der Waals surface area contributed by atoms with Crippen LogP contribution in [0.2, 0.25) is 0 Å². The lowest BCUT2D eigenvalue weighted by molar-refractivity contribution is 0.798. The summed E-state index contributed by atoms with van der Waals surface area (Å²) in [4.78, 5) is 0. The van der Waals surface area contributed by atoms with Crippen molar-refractivity contribution in [1.82, 2.24) is 0 Å². The van der Waals surface area contributed by atoms with E-state index in [9.17, 15) is 0 Å². The lowest BCUT2D eigenvalue weighted by atomic mass is 10.4. The smallest absolute Gasteiger partial charge is 0.0196 e. The number of hydrogen-bond donors (Lipinski definition) is 2. The van der Waals surface area contributed by atoms with Crippen molar-refractivity contribution in [2.75, 3.05) is 6.54 Å². The van der Waals surface area contributed by atoms with E-state index in [-0.39, 0.29) is 5.78 Å². The van der Waals surface area contributed by atoms with Gasteiger partial charge in [0.2, 0.25) is 0 Å². The zero-order valence-electron chi connectivity index (χ0n) is 3.72. The molecule has 0 aliphatic carbocycles. The molecule has 2 nitrogen and oxygen atoms in total. The highest BCUT2D eigenvalue weighted by atomic mass is 31.0. The van der Waals surface area contributed by atoms with E-state index in [0.29, 0.717) is 6.54 Å². The van der Waals surface area contributed by atoms with Crippen molar-refractivity contribution in [1.29, 1.82) is 0 Å². The number of hydrogen-bond acceptors (Lipinski definition) is 2. The van der Waals surface area contributed by atoms with Crippen molar-refractivity contribution >= 4 is 9.24 Å². The fourth-order valence-electron chi connectivity index (χ4n) is 0.192. The topological polar surface area (TPSA) is 52.0 Å². The Morgan fingerprint density at radius 3 is 2.17 bits per heavy atom. The summed E-state index contributed by atoms with van der Waals surface area (Å²) in [6, 6.07) is 0. The van der Waals surface area contributed by atoms with E-state index in [4.69, 9.17) is 11.5 Å². The SMILES string of the molecule is NCCC(N)P. The fraction of sp³-hybridized carbons (Fsp3) is 1.00. The molecule has 0 aliphatic rings. The van der Waals surface area contributed by atoms with Crippen LogP contribution in [0, 0.1) is 0 Å². The molecule has 4 N–H and O–H groups in total. The second kappa shape index (κ2) is 3.54. The zero-order chi connectivity index (χ0) is 4.99. The Hall–Kier alpha value is 0.350. The summed E-state index contributed by atoms with van der Waals surface area (Å²) in [6.07, 6.45) is 0.894. The lowest BCUT2D eigenvalue weighted by Crippen LogP contribution is -2.15. The van der Waals surface area contributed by atoms with Gasteiger partial charge in [-0.3, -0.25) is 0 Å². The molecule has 6 heavy (non-hydrogen) atoms. The molecule has 0 bridgehead atoms. The summed E-state index contributed by atoms with van der Waals surface area (Å²) in [7, 11) is 2.48. The van der Waals surface area contributed by atoms with Crippen LogP contribution in [0.1, 0.15) is 6.42 Å². The van der Waals surface area contributed by atoms with Crippen LogP contribution in [0.3, 0.4) is 0 Å². The van der Waals surface area contributed by atoms with Crippen molar-refractivity contribution in [3.05, 3.63) is 0 Å².